The Labute approximate surface area is 232 Å². The maximum atomic E-state index is 13.0. The van der Waals surface area contributed by atoms with E-state index in [-0.39, 0.29) is 22.6 Å². The lowest BCUT2D eigenvalue weighted by molar-refractivity contribution is 0.0990. The van der Waals surface area contributed by atoms with E-state index in [0.29, 0.717) is 41.4 Å². The summed E-state index contributed by atoms with van der Waals surface area (Å²) in [7, 11) is 0. The second-order valence-electron chi connectivity index (χ2n) is 10.1. The second kappa shape index (κ2) is 9.54. The van der Waals surface area contributed by atoms with Crippen LogP contribution in [0.2, 0.25) is 0 Å². The molecular weight excluding hydrogens is 506 g/mol. The molecule has 1 aliphatic carbocycles. The van der Waals surface area contributed by atoms with E-state index >= 15 is 0 Å². The van der Waals surface area contributed by atoms with E-state index in [2.05, 4.69) is 55.1 Å². The molecule has 1 aromatic heterocycles. The molecule has 5 nitrogen and oxygen atoms in total. The highest BCUT2D eigenvalue weighted by molar-refractivity contribution is 7.08. The van der Waals surface area contributed by atoms with E-state index in [0.717, 1.165) is 17.1 Å². The molecule has 0 unspecified atom stereocenters. The van der Waals surface area contributed by atoms with Gasteiger partial charge < -0.3 is 14.4 Å². The Morgan fingerprint density at radius 3 is 1.87 bits per heavy atom. The number of ether oxygens (including phenoxy) is 2. The number of carbonyl (C=O) groups excluding carboxylic acids is 2. The number of para-hydroxylation sites is 2. The molecule has 0 bridgehead atoms. The Morgan fingerprint density at radius 2 is 1.31 bits per heavy atom. The topological polar surface area (TPSA) is 55.8 Å². The van der Waals surface area contributed by atoms with E-state index < -0.39 is 0 Å². The summed E-state index contributed by atoms with van der Waals surface area (Å²) in [4.78, 5) is 28.3. The van der Waals surface area contributed by atoms with Gasteiger partial charge in [-0.2, -0.15) is 11.3 Å². The van der Waals surface area contributed by atoms with Crippen LogP contribution in [0.1, 0.15) is 65.1 Å². The highest BCUT2D eigenvalue weighted by Gasteiger charge is 2.38. The summed E-state index contributed by atoms with van der Waals surface area (Å²) >= 11 is 1.37. The van der Waals surface area contributed by atoms with E-state index in [1.165, 1.54) is 22.5 Å². The summed E-state index contributed by atoms with van der Waals surface area (Å²) in [6, 6.07) is 20.7. The molecule has 196 valence electrons. The van der Waals surface area contributed by atoms with Crippen molar-refractivity contribution < 1.29 is 19.1 Å². The average molecular weight is 536 g/mol. The highest BCUT2D eigenvalue weighted by Crippen LogP contribution is 2.54. The maximum Gasteiger partial charge on any atom is 0.198 e. The van der Waals surface area contributed by atoms with Gasteiger partial charge >= 0.3 is 0 Å². The average Bonchev–Trinajstić information content (AvgIpc) is 3.51. The zero-order chi connectivity index (χ0) is 27.3. The molecule has 39 heavy (non-hydrogen) atoms. The van der Waals surface area contributed by atoms with E-state index in [1.807, 2.05) is 38.1 Å². The van der Waals surface area contributed by atoms with Crippen molar-refractivity contribution >= 4 is 46.0 Å². The van der Waals surface area contributed by atoms with E-state index in [9.17, 15) is 9.59 Å². The van der Waals surface area contributed by atoms with Gasteiger partial charge in [0.15, 0.2) is 11.6 Å². The van der Waals surface area contributed by atoms with Crippen molar-refractivity contribution in [2.45, 2.75) is 33.1 Å². The predicted octanol–water partition coefficient (Wildman–Crippen LogP) is 8.12. The van der Waals surface area contributed by atoms with Crippen molar-refractivity contribution in [1.82, 2.24) is 0 Å². The van der Waals surface area contributed by atoms with Gasteiger partial charge in [-0.05, 0) is 49.2 Å². The number of fused-ring (bicyclic) bond motifs is 3. The minimum Gasteiger partial charge on any atom is -0.493 e. The van der Waals surface area contributed by atoms with Gasteiger partial charge in [-0.3, -0.25) is 9.59 Å². The van der Waals surface area contributed by atoms with E-state index in [4.69, 9.17) is 9.47 Å². The van der Waals surface area contributed by atoms with Crippen LogP contribution >= 0.6 is 11.3 Å². The molecule has 0 N–H and O–H groups in total. The van der Waals surface area contributed by atoms with Gasteiger partial charge in [-0.1, -0.05) is 50.2 Å². The van der Waals surface area contributed by atoms with Crippen molar-refractivity contribution in [2.24, 2.45) is 0 Å². The molecule has 0 spiro atoms. The Bertz CT molecular complexity index is 1580. The zero-order valence-corrected chi connectivity index (χ0v) is 23.2. The minimum atomic E-state index is -0.248. The Hall–Kier alpha value is -4.16. The molecular formula is C33H29NO4S. The molecule has 0 radical (unpaired) electrons. The van der Waals surface area contributed by atoms with Gasteiger partial charge in [-0.15, -0.1) is 0 Å². The predicted molar refractivity (Wildman–Crippen MR) is 157 cm³/mol. The molecule has 0 saturated carbocycles. The minimum absolute atomic E-state index is 0.152. The molecule has 3 aromatic carbocycles. The molecule has 2 aliphatic rings. The van der Waals surface area contributed by atoms with E-state index in [1.54, 1.807) is 16.8 Å². The standard InChI is InChI=1S/C33H29NO4S/c1-5-37-29-17-28(34-26-13-9-7-11-24(26)33(3,4)25-12-8-10-14-27(25)34)30(38-6-2)16-20(29)15-21-31(35)22-18-39-19-23(22)32(21)36/h7-19H,5-6H2,1-4H3. The molecule has 6 rings (SSSR count). The molecule has 0 amide bonds. The van der Waals surface area contributed by atoms with Crippen LogP contribution in [0, 0.1) is 0 Å². The van der Waals surface area contributed by atoms with Gasteiger partial charge in [0, 0.05) is 38.9 Å². The summed E-state index contributed by atoms with van der Waals surface area (Å²) in [6.45, 7) is 9.25. The van der Waals surface area contributed by atoms with Crippen LogP contribution < -0.4 is 14.4 Å². The largest absolute Gasteiger partial charge is 0.493 e. The molecule has 0 fully saturated rings. The number of Topliss-reactive ketones (excluding diaryl/α,β-unsaturated/α-hetero) is 2. The number of rotatable bonds is 6. The molecule has 2 heterocycles. The van der Waals surface area contributed by atoms with Crippen LogP contribution in [0.5, 0.6) is 11.5 Å². The first-order chi connectivity index (χ1) is 18.9. The third-order valence-corrected chi connectivity index (χ3v) is 8.25. The van der Waals surface area contributed by atoms with Crippen LogP contribution in [0.3, 0.4) is 0 Å². The van der Waals surface area contributed by atoms with Gasteiger partial charge in [0.1, 0.15) is 11.5 Å². The molecule has 1 aliphatic heterocycles. The number of hydrogen-bond donors (Lipinski definition) is 0. The molecule has 0 atom stereocenters. The summed E-state index contributed by atoms with van der Waals surface area (Å²) in [5.41, 5.74) is 6.94. The number of benzene rings is 3. The first-order valence-electron chi connectivity index (χ1n) is 13.2. The number of thiophene rings is 1. The van der Waals surface area contributed by atoms with Crippen molar-refractivity contribution in [1.29, 1.82) is 0 Å². The first-order valence-corrected chi connectivity index (χ1v) is 14.1. The highest BCUT2D eigenvalue weighted by atomic mass is 32.1. The van der Waals surface area contributed by atoms with Gasteiger partial charge in [-0.25, -0.2) is 0 Å². The van der Waals surface area contributed by atoms with Crippen LogP contribution in [-0.4, -0.2) is 24.8 Å². The van der Waals surface area contributed by atoms with Crippen LogP contribution in [-0.2, 0) is 5.41 Å². The summed E-state index contributed by atoms with van der Waals surface area (Å²) in [5.74, 6) is 0.728. The lowest BCUT2D eigenvalue weighted by Crippen LogP contribution is -2.30. The van der Waals surface area contributed by atoms with Crippen molar-refractivity contribution in [2.75, 3.05) is 18.1 Å². The summed E-state index contributed by atoms with van der Waals surface area (Å²) < 4.78 is 12.3. The number of carbonyl (C=O) groups is 2. The molecule has 6 heteroatoms. The second-order valence-corrected chi connectivity index (χ2v) is 10.9. The SMILES string of the molecule is CCOc1cc(N2c3ccccc3C(C)(C)c3ccccc32)c(OCC)cc1C=C1C(=O)c2cscc2C1=O. The number of hydrogen-bond acceptors (Lipinski definition) is 6. The number of nitrogens with zero attached hydrogens (tertiary/aromatic N) is 1. The normalized spacial score (nSPS) is 15.1. The summed E-state index contributed by atoms with van der Waals surface area (Å²) in [5, 5.41) is 3.47. The zero-order valence-electron chi connectivity index (χ0n) is 22.4. The Kier molecular flexibility index (Phi) is 6.15. The maximum absolute atomic E-state index is 13.0. The first kappa shape index (κ1) is 25.1. The lowest BCUT2D eigenvalue weighted by atomic mass is 9.73. The van der Waals surface area contributed by atoms with Crippen molar-refractivity contribution in [3.63, 3.8) is 0 Å². The fourth-order valence-electron chi connectivity index (χ4n) is 5.66. The quantitative estimate of drug-likeness (QED) is 0.184. The third kappa shape index (κ3) is 3.90. The third-order valence-electron chi connectivity index (χ3n) is 7.51. The fourth-order valence-corrected chi connectivity index (χ4v) is 6.47. The number of ketones is 2. The summed E-state index contributed by atoms with van der Waals surface area (Å²) in [6.07, 6.45) is 1.65. The fraction of sp³-hybridized carbons (Fsp3) is 0.212. The Morgan fingerprint density at radius 1 is 0.769 bits per heavy atom. The van der Waals surface area contributed by atoms with Crippen molar-refractivity contribution in [3.8, 4) is 11.5 Å². The Balaban J connectivity index is 1.57. The van der Waals surface area contributed by atoms with Gasteiger partial charge in [0.05, 0.1) is 35.8 Å². The molecule has 0 saturated heterocycles. The lowest BCUT2D eigenvalue weighted by Gasteiger charge is -2.42. The van der Waals surface area contributed by atoms with Gasteiger partial charge in [0.2, 0.25) is 0 Å². The van der Waals surface area contributed by atoms with Crippen LogP contribution in [0.25, 0.3) is 6.08 Å². The van der Waals surface area contributed by atoms with Crippen LogP contribution in [0.4, 0.5) is 17.1 Å². The smallest absolute Gasteiger partial charge is 0.198 e. The van der Waals surface area contributed by atoms with Crippen molar-refractivity contribution in [3.05, 3.63) is 105 Å². The number of anilines is 3. The molecule has 4 aromatic rings. The number of allylic oxidation sites excluding steroid dienone is 1. The van der Waals surface area contributed by atoms with Crippen LogP contribution in [0.15, 0.2) is 77.0 Å². The monoisotopic (exact) mass is 535 g/mol. The van der Waals surface area contributed by atoms with Gasteiger partial charge in [0.25, 0.3) is 0 Å².